The third-order valence-corrected chi connectivity index (χ3v) is 4.48. The minimum Gasteiger partial charge on any atom is -0.340 e. The van der Waals surface area contributed by atoms with E-state index in [4.69, 9.17) is 4.52 Å². The highest BCUT2D eigenvalue weighted by Crippen LogP contribution is 2.30. The third-order valence-electron chi connectivity index (χ3n) is 4.48. The molecule has 0 saturated carbocycles. The van der Waals surface area contributed by atoms with E-state index in [2.05, 4.69) is 15.0 Å². The second kappa shape index (κ2) is 8.08. The lowest BCUT2D eigenvalue weighted by atomic mass is 10.1. The van der Waals surface area contributed by atoms with Crippen molar-refractivity contribution in [3.8, 4) is 11.5 Å². The van der Waals surface area contributed by atoms with Crippen LogP contribution in [0.4, 0.5) is 13.2 Å². The lowest BCUT2D eigenvalue weighted by molar-refractivity contribution is -0.137. The van der Waals surface area contributed by atoms with Crippen LogP contribution in [0.15, 0.2) is 28.8 Å². The second-order valence-corrected chi connectivity index (χ2v) is 6.50. The van der Waals surface area contributed by atoms with E-state index in [1.165, 1.54) is 12.1 Å². The third kappa shape index (κ3) is 4.85. The molecule has 6 nitrogen and oxygen atoms in total. The molecule has 1 amide bonds. The smallest absolute Gasteiger partial charge is 0.340 e. The molecule has 9 heteroatoms. The number of hydrogen-bond donors (Lipinski definition) is 0. The number of halogens is 3. The van der Waals surface area contributed by atoms with Crippen LogP contribution in [0.5, 0.6) is 0 Å². The van der Waals surface area contributed by atoms with Crippen LogP contribution in [-0.4, -0.2) is 52.0 Å². The van der Waals surface area contributed by atoms with Crippen molar-refractivity contribution < 1.29 is 22.5 Å². The van der Waals surface area contributed by atoms with Crippen molar-refractivity contribution in [3.63, 3.8) is 0 Å². The van der Waals surface area contributed by atoms with Gasteiger partial charge in [-0.3, -0.25) is 9.69 Å². The number of nitrogens with zero attached hydrogens (tertiary/aromatic N) is 4. The highest BCUT2D eigenvalue weighted by atomic mass is 19.4. The van der Waals surface area contributed by atoms with Gasteiger partial charge in [0.1, 0.15) is 0 Å². The fraction of sp³-hybridized carbons (Fsp3) is 0.500. The van der Waals surface area contributed by atoms with Crippen molar-refractivity contribution >= 4 is 5.91 Å². The summed E-state index contributed by atoms with van der Waals surface area (Å²) in [4.78, 5) is 20.2. The van der Waals surface area contributed by atoms with Gasteiger partial charge < -0.3 is 9.42 Å². The zero-order chi connectivity index (χ0) is 19.4. The molecule has 3 rings (SSSR count). The average molecular weight is 382 g/mol. The molecular weight excluding hydrogens is 361 g/mol. The van der Waals surface area contributed by atoms with Gasteiger partial charge >= 0.3 is 6.18 Å². The highest BCUT2D eigenvalue weighted by molar-refractivity contribution is 5.76. The van der Waals surface area contributed by atoms with Crippen LogP contribution in [0.2, 0.25) is 0 Å². The summed E-state index contributed by atoms with van der Waals surface area (Å²) >= 11 is 0. The number of hydrogen-bond acceptors (Lipinski definition) is 5. The second-order valence-electron chi connectivity index (χ2n) is 6.50. The number of carbonyl (C=O) groups excluding carboxylic acids is 1. The minimum absolute atomic E-state index is 0.182. The van der Waals surface area contributed by atoms with Crippen LogP contribution in [-0.2, 0) is 17.5 Å². The molecule has 1 aromatic heterocycles. The van der Waals surface area contributed by atoms with Crippen LogP contribution in [0.25, 0.3) is 11.5 Å². The van der Waals surface area contributed by atoms with E-state index in [0.717, 1.165) is 31.6 Å². The summed E-state index contributed by atoms with van der Waals surface area (Å²) in [5, 5.41) is 3.91. The van der Waals surface area contributed by atoms with E-state index in [1.54, 1.807) is 0 Å². The molecule has 27 heavy (non-hydrogen) atoms. The van der Waals surface area contributed by atoms with E-state index in [1.807, 2.05) is 11.8 Å². The van der Waals surface area contributed by atoms with E-state index < -0.39 is 11.7 Å². The molecule has 0 spiro atoms. The molecule has 1 aliphatic rings. The summed E-state index contributed by atoms with van der Waals surface area (Å²) in [5.41, 5.74) is -0.279. The molecule has 1 aliphatic heterocycles. The van der Waals surface area contributed by atoms with Gasteiger partial charge in [-0.05, 0) is 30.7 Å². The predicted molar refractivity (Wildman–Crippen MR) is 91.5 cm³/mol. The Hall–Kier alpha value is -2.42. The van der Waals surface area contributed by atoms with E-state index in [9.17, 15) is 18.0 Å². The fourth-order valence-corrected chi connectivity index (χ4v) is 2.96. The molecule has 1 fully saturated rings. The molecule has 0 bridgehead atoms. The Morgan fingerprint density at radius 2 is 1.81 bits per heavy atom. The summed E-state index contributed by atoms with van der Waals surface area (Å²) in [6.45, 7) is 5.24. The number of carbonyl (C=O) groups is 1. The Kier molecular flexibility index (Phi) is 5.79. The molecular formula is C18H21F3N4O2. The Bertz CT molecular complexity index is 766. The van der Waals surface area contributed by atoms with E-state index in [0.29, 0.717) is 37.4 Å². The van der Waals surface area contributed by atoms with Gasteiger partial charge in [-0.1, -0.05) is 12.1 Å². The monoisotopic (exact) mass is 382 g/mol. The Morgan fingerprint density at radius 1 is 1.15 bits per heavy atom. The topological polar surface area (TPSA) is 62.5 Å². The van der Waals surface area contributed by atoms with Crippen molar-refractivity contribution in [1.82, 2.24) is 19.9 Å². The Morgan fingerprint density at radius 3 is 2.41 bits per heavy atom. The van der Waals surface area contributed by atoms with Gasteiger partial charge in [0.15, 0.2) is 5.82 Å². The van der Waals surface area contributed by atoms with Crippen molar-refractivity contribution in [1.29, 1.82) is 0 Å². The summed E-state index contributed by atoms with van der Waals surface area (Å²) in [5.74, 6) is 0.843. The normalized spacial score (nSPS) is 15.9. The van der Waals surface area contributed by atoms with Crippen LogP contribution in [0.3, 0.4) is 0 Å². The van der Waals surface area contributed by atoms with Crippen LogP contribution in [0.1, 0.15) is 31.2 Å². The quantitative estimate of drug-likeness (QED) is 0.795. The molecule has 0 unspecified atom stereocenters. The number of alkyl halides is 3. The first kappa shape index (κ1) is 19.3. The number of amides is 1. The number of aromatic nitrogens is 2. The van der Waals surface area contributed by atoms with E-state index >= 15 is 0 Å². The summed E-state index contributed by atoms with van der Waals surface area (Å²) in [7, 11) is 0. The molecule has 0 atom stereocenters. The van der Waals surface area contributed by atoms with Gasteiger partial charge in [-0.15, -0.1) is 0 Å². The summed E-state index contributed by atoms with van der Waals surface area (Å²) in [6.07, 6.45) is -2.96. The van der Waals surface area contributed by atoms with Crippen LogP contribution in [0, 0.1) is 0 Å². The fourth-order valence-electron chi connectivity index (χ4n) is 2.96. The average Bonchev–Trinajstić information content (AvgIpc) is 3.10. The molecule has 1 aromatic carbocycles. The molecule has 1 saturated heterocycles. The predicted octanol–water partition coefficient (Wildman–Crippen LogP) is 3.20. The largest absolute Gasteiger partial charge is 0.416 e. The number of benzene rings is 1. The number of rotatable bonds is 5. The van der Waals surface area contributed by atoms with Crippen LogP contribution >= 0.6 is 0 Å². The maximum atomic E-state index is 12.6. The summed E-state index contributed by atoms with van der Waals surface area (Å²) in [6, 6.07) is 4.62. The highest BCUT2D eigenvalue weighted by Gasteiger charge is 2.30. The van der Waals surface area contributed by atoms with Gasteiger partial charge in [-0.25, -0.2) is 0 Å². The SMILES string of the molecule is CCCC(=O)N1CCN(Cc2noc(-c3ccc(C(F)(F)F)cc3)n2)CC1. The lowest BCUT2D eigenvalue weighted by Gasteiger charge is -2.34. The lowest BCUT2D eigenvalue weighted by Crippen LogP contribution is -2.48. The maximum Gasteiger partial charge on any atom is 0.416 e. The standard InChI is InChI=1S/C18H21F3N4O2/c1-2-3-16(26)25-10-8-24(9-11-25)12-15-22-17(27-23-15)13-4-6-14(7-5-13)18(19,20)21/h4-7H,2-3,8-12H2,1H3. The molecule has 0 aliphatic carbocycles. The zero-order valence-electron chi connectivity index (χ0n) is 15.0. The van der Waals surface area contributed by atoms with Crippen molar-refractivity contribution in [2.24, 2.45) is 0 Å². The molecule has 2 aromatic rings. The van der Waals surface area contributed by atoms with Crippen molar-refractivity contribution in [2.45, 2.75) is 32.5 Å². The van der Waals surface area contributed by atoms with Crippen molar-refractivity contribution in [2.75, 3.05) is 26.2 Å². The van der Waals surface area contributed by atoms with Crippen LogP contribution < -0.4 is 0 Å². The molecule has 2 heterocycles. The number of piperazine rings is 1. The first-order chi connectivity index (χ1) is 12.9. The molecule has 0 radical (unpaired) electrons. The zero-order valence-corrected chi connectivity index (χ0v) is 15.0. The van der Waals surface area contributed by atoms with Gasteiger partial charge in [0.05, 0.1) is 12.1 Å². The van der Waals surface area contributed by atoms with Gasteiger partial charge in [0.2, 0.25) is 5.91 Å². The van der Waals surface area contributed by atoms with Gasteiger partial charge in [-0.2, -0.15) is 18.2 Å². The van der Waals surface area contributed by atoms with E-state index in [-0.39, 0.29) is 11.8 Å². The first-order valence-corrected chi connectivity index (χ1v) is 8.87. The Labute approximate surface area is 154 Å². The molecule has 0 N–H and O–H groups in total. The Balaban J connectivity index is 1.57. The van der Waals surface area contributed by atoms with Gasteiger partial charge in [0, 0.05) is 38.2 Å². The van der Waals surface area contributed by atoms with Crippen molar-refractivity contribution in [3.05, 3.63) is 35.7 Å². The minimum atomic E-state index is -4.38. The van der Waals surface area contributed by atoms with Gasteiger partial charge in [0.25, 0.3) is 5.89 Å². The maximum absolute atomic E-state index is 12.6. The summed E-state index contributed by atoms with van der Waals surface area (Å²) < 4.78 is 43.1. The first-order valence-electron chi connectivity index (χ1n) is 8.87. The molecule has 146 valence electrons.